The van der Waals surface area contributed by atoms with Crippen LogP contribution in [0.1, 0.15) is 18.4 Å². The van der Waals surface area contributed by atoms with Crippen LogP contribution in [0.2, 0.25) is 0 Å². The van der Waals surface area contributed by atoms with Gasteiger partial charge in [0.15, 0.2) is 0 Å². The van der Waals surface area contributed by atoms with E-state index in [1.165, 1.54) is 23.8 Å². The lowest BCUT2D eigenvalue weighted by atomic mass is 9.98. The summed E-state index contributed by atoms with van der Waals surface area (Å²) < 4.78 is 0. The molecule has 0 radical (unpaired) electrons. The second-order valence-electron chi connectivity index (χ2n) is 5.42. The minimum atomic E-state index is 0.772. The molecule has 3 rings (SSSR count). The van der Waals surface area contributed by atoms with E-state index in [-0.39, 0.29) is 0 Å². The van der Waals surface area contributed by atoms with Gasteiger partial charge in [-0.15, -0.1) is 0 Å². The highest BCUT2D eigenvalue weighted by molar-refractivity contribution is 5.81. The average molecular weight is 255 g/mol. The fourth-order valence-electron chi connectivity index (χ4n) is 2.73. The third kappa shape index (κ3) is 2.87. The van der Waals surface area contributed by atoms with Gasteiger partial charge >= 0.3 is 0 Å². The molecule has 1 saturated heterocycles. The minimum Gasteiger partial charge on any atom is -0.370 e. The van der Waals surface area contributed by atoms with Crippen molar-refractivity contribution in [1.29, 1.82) is 0 Å². The fraction of sp³-hybridized carbons (Fsp3) is 0.438. The number of rotatable bonds is 3. The second kappa shape index (κ2) is 5.57. The van der Waals surface area contributed by atoms with Gasteiger partial charge in [-0.3, -0.25) is 0 Å². The highest BCUT2D eigenvalue weighted by atomic mass is 15.0. The van der Waals surface area contributed by atoms with E-state index in [4.69, 9.17) is 4.98 Å². The molecule has 0 unspecified atom stereocenters. The first kappa shape index (κ1) is 12.4. The standard InChI is InChI=1S/C16H21N3/c1-12-10-14-4-2-3-5-15(14)19-16(12)18-11-13-6-8-17-9-7-13/h2-5,10,13,17H,6-9,11H2,1H3,(H,18,19). The monoisotopic (exact) mass is 255 g/mol. The van der Waals surface area contributed by atoms with Crippen LogP contribution in [-0.2, 0) is 0 Å². The van der Waals surface area contributed by atoms with Crippen molar-refractivity contribution in [3.05, 3.63) is 35.9 Å². The number of piperidine rings is 1. The van der Waals surface area contributed by atoms with Gasteiger partial charge in [-0.2, -0.15) is 0 Å². The summed E-state index contributed by atoms with van der Waals surface area (Å²) >= 11 is 0. The number of fused-ring (bicyclic) bond motifs is 1. The van der Waals surface area contributed by atoms with Crippen LogP contribution in [0.4, 0.5) is 5.82 Å². The molecule has 1 aromatic heterocycles. The third-order valence-corrected chi connectivity index (χ3v) is 3.93. The van der Waals surface area contributed by atoms with Crippen LogP contribution < -0.4 is 10.6 Å². The van der Waals surface area contributed by atoms with Gasteiger partial charge in [0.2, 0.25) is 0 Å². The molecule has 0 amide bonds. The van der Waals surface area contributed by atoms with Crippen molar-refractivity contribution in [2.75, 3.05) is 25.0 Å². The number of para-hydroxylation sites is 1. The van der Waals surface area contributed by atoms with E-state index in [1.807, 2.05) is 6.07 Å². The first-order chi connectivity index (χ1) is 9.33. The van der Waals surface area contributed by atoms with Gasteiger partial charge in [0.05, 0.1) is 5.52 Å². The van der Waals surface area contributed by atoms with E-state index in [2.05, 4.69) is 41.8 Å². The number of nitrogens with zero attached hydrogens (tertiary/aromatic N) is 1. The molecule has 0 bridgehead atoms. The summed E-state index contributed by atoms with van der Waals surface area (Å²) in [5.41, 5.74) is 2.30. The molecular weight excluding hydrogens is 234 g/mol. The Kier molecular flexibility index (Phi) is 3.65. The number of pyridine rings is 1. The molecule has 19 heavy (non-hydrogen) atoms. The molecule has 2 heterocycles. The van der Waals surface area contributed by atoms with E-state index in [0.29, 0.717) is 0 Å². The molecule has 0 atom stereocenters. The van der Waals surface area contributed by atoms with E-state index >= 15 is 0 Å². The van der Waals surface area contributed by atoms with Gasteiger partial charge in [0, 0.05) is 11.9 Å². The van der Waals surface area contributed by atoms with Gasteiger partial charge in [-0.25, -0.2) is 4.98 Å². The Bertz CT molecular complexity index is 559. The van der Waals surface area contributed by atoms with Crippen molar-refractivity contribution in [1.82, 2.24) is 10.3 Å². The van der Waals surface area contributed by atoms with Crippen LogP contribution in [0.5, 0.6) is 0 Å². The largest absolute Gasteiger partial charge is 0.370 e. The van der Waals surface area contributed by atoms with Gasteiger partial charge in [0.25, 0.3) is 0 Å². The van der Waals surface area contributed by atoms with Crippen LogP contribution >= 0.6 is 0 Å². The predicted molar refractivity (Wildman–Crippen MR) is 80.6 cm³/mol. The first-order valence-electron chi connectivity index (χ1n) is 7.14. The molecule has 3 heteroatoms. The fourth-order valence-corrected chi connectivity index (χ4v) is 2.73. The maximum absolute atomic E-state index is 4.73. The zero-order valence-electron chi connectivity index (χ0n) is 11.4. The first-order valence-corrected chi connectivity index (χ1v) is 7.14. The summed E-state index contributed by atoms with van der Waals surface area (Å²) in [4.78, 5) is 4.73. The van der Waals surface area contributed by atoms with Gasteiger partial charge in [-0.1, -0.05) is 18.2 Å². The number of hydrogen-bond acceptors (Lipinski definition) is 3. The number of nitrogens with one attached hydrogen (secondary N) is 2. The quantitative estimate of drug-likeness (QED) is 0.885. The minimum absolute atomic E-state index is 0.772. The maximum atomic E-state index is 4.73. The molecule has 100 valence electrons. The van der Waals surface area contributed by atoms with Crippen molar-refractivity contribution in [2.45, 2.75) is 19.8 Å². The summed E-state index contributed by atoms with van der Waals surface area (Å²) in [5.74, 6) is 1.81. The number of hydrogen-bond donors (Lipinski definition) is 2. The molecule has 3 nitrogen and oxygen atoms in total. The van der Waals surface area contributed by atoms with Crippen molar-refractivity contribution in [2.24, 2.45) is 5.92 Å². The predicted octanol–water partition coefficient (Wildman–Crippen LogP) is 2.95. The molecule has 0 spiro atoms. The van der Waals surface area contributed by atoms with Crippen molar-refractivity contribution in [3.8, 4) is 0 Å². The highest BCUT2D eigenvalue weighted by Crippen LogP contribution is 2.20. The van der Waals surface area contributed by atoms with E-state index in [9.17, 15) is 0 Å². The third-order valence-electron chi connectivity index (χ3n) is 3.93. The maximum Gasteiger partial charge on any atom is 0.129 e. The van der Waals surface area contributed by atoms with Crippen LogP contribution in [0, 0.1) is 12.8 Å². The Balaban J connectivity index is 1.74. The molecular formula is C16H21N3. The van der Waals surface area contributed by atoms with Crippen LogP contribution in [0.3, 0.4) is 0 Å². The molecule has 2 N–H and O–H groups in total. The van der Waals surface area contributed by atoms with Crippen LogP contribution in [-0.4, -0.2) is 24.6 Å². The summed E-state index contributed by atoms with van der Waals surface area (Å²) in [6.07, 6.45) is 2.53. The average Bonchev–Trinajstić information content (AvgIpc) is 2.46. The smallest absolute Gasteiger partial charge is 0.129 e. The summed E-state index contributed by atoms with van der Waals surface area (Å²) in [6, 6.07) is 10.5. The second-order valence-corrected chi connectivity index (χ2v) is 5.42. The Morgan fingerprint density at radius 2 is 2.05 bits per heavy atom. The molecule has 0 saturated carbocycles. The Morgan fingerprint density at radius 1 is 1.26 bits per heavy atom. The van der Waals surface area contributed by atoms with E-state index in [1.54, 1.807) is 0 Å². The van der Waals surface area contributed by atoms with E-state index < -0.39 is 0 Å². The highest BCUT2D eigenvalue weighted by Gasteiger charge is 2.13. The number of anilines is 1. The lowest BCUT2D eigenvalue weighted by molar-refractivity contribution is 0.389. The topological polar surface area (TPSA) is 37.0 Å². The van der Waals surface area contributed by atoms with Crippen molar-refractivity contribution >= 4 is 16.7 Å². The van der Waals surface area contributed by atoms with Crippen LogP contribution in [0.15, 0.2) is 30.3 Å². The van der Waals surface area contributed by atoms with Crippen molar-refractivity contribution < 1.29 is 0 Å². The number of aromatic nitrogens is 1. The Hall–Kier alpha value is -1.61. The SMILES string of the molecule is Cc1cc2ccccc2nc1NCC1CCNCC1. The van der Waals surface area contributed by atoms with E-state index in [0.717, 1.165) is 36.9 Å². The van der Waals surface area contributed by atoms with Crippen LogP contribution in [0.25, 0.3) is 10.9 Å². The molecule has 0 aliphatic carbocycles. The lowest BCUT2D eigenvalue weighted by Crippen LogP contribution is -2.31. The van der Waals surface area contributed by atoms with Crippen molar-refractivity contribution in [3.63, 3.8) is 0 Å². The van der Waals surface area contributed by atoms with Gasteiger partial charge < -0.3 is 10.6 Å². The molecule has 1 aromatic carbocycles. The number of aryl methyl sites for hydroxylation is 1. The summed E-state index contributed by atoms with van der Waals surface area (Å²) in [5, 5.41) is 8.16. The lowest BCUT2D eigenvalue weighted by Gasteiger charge is -2.23. The zero-order valence-corrected chi connectivity index (χ0v) is 11.4. The molecule has 1 aliphatic heterocycles. The zero-order chi connectivity index (χ0) is 13.1. The Labute approximate surface area is 114 Å². The normalized spacial score (nSPS) is 16.7. The summed E-state index contributed by atoms with van der Waals surface area (Å²) in [7, 11) is 0. The molecule has 2 aromatic rings. The van der Waals surface area contributed by atoms with Gasteiger partial charge in [0.1, 0.15) is 5.82 Å². The molecule has 1 aliphatic rings. The van der Waals surface area contributed by atoms with Gasteiger partial charge in [-0.05, 0) is 56.5 Å². The molecule has 1 fully saturated rings. The number of benzene rings is 1. The summed E-state index contributed by atoms with van der Waals surface area (Å²) in [6.45, 7) is 5.46. The Morgan fingerprint density at radius 3 is 2.89 bits per heavy atom.